The maximum atomic E-state index is 12.7. The minimum Gasteiger partial charge on any atom is -0.486 e. The van der Waals surface area contributed by atoms with Crippen LogP contribution in [0.1, 0.15) is 32.4 Å². The molecule has 2 aromatic rings. The van der Waals surface area contributed by atoms with Crippen molar-refractivity contribution in [3.63, 3.8) is 0 Å². The van der Waals surface area contributed by atoms with E-state index in [9.17, 15) is 13.2 Å². The Morgan fingerprint density at radius 3 is 2.62 bits per heavy atom. The number of amides is 1. The Kier molecular flexibility index (Phi) is 5.34. The van der Waals surface area contributed by atoms with Gasteiger partial charge in [0.1, 0.15) is 22.2 Å². The standard InChI is InChI=1S/C18H22N2O4S2/c1-12-4-6-15(7-5-12)24-10-16-19-13(2)17(25-16)18(21)20(3)14-8-9-26(22,23)11-14/h4-7,14H,8-11H2,1-3H3/t14-/m1/s1. The third-order valence-electron chi connectivity index (χ3n) is 4.49. The number of nitrogens with zero attached hydrogens (tertiary/aromatic N) is 2. The molecule has 0 aliphatic carbocycles. The van der Waals surface area contributed by atoms with Gasteiger partial charge in [0.15, 0.2) is 9.84 Å². The number of hydrogen-bond acceptors (Lipinski definition) is 6. The van der Waals surface area contributed by atoms with Gasteiger partial charge in [0, 0.05) is 13.1 Å². The summed E-state index contributed by atoms with van der Waals surface area (Å²) in [4.78, 5) is 19.3. The summed E-state index contributed by atoms with van der Waals surface area (Å²) in [6, 6.07) is 7.48. The second-order valence-corrected chi connectivity index (χ2v) is 9.91. The molecule has 3 rings (SSSR count). The third-order valence-corrected chi connectivity index (χ3v) is 7.36. The minimum absolute atomic E-state index is 0.0382. The van der Waals surface area contributed by atoms with Crippen LogP contribution in [0, 0.1) is 13.8 Å². The minimum atomic E-state index is -3.03. The zero-order chi connectivity index (χ0) is 18.9. The molecule has 1 fully saturated rings. The first-order chi connectivity index (χ1) is 12.2. The topological polar surface area (TPSA) is 76.6 Å². The molecule has 140 valence electrons. The molecule has 2 heterocycles. The fourth-order valence-corrected chi connectivity index (χ4v) is 5.63. The number of hydrogen-bond donors (Lipinski definition) is 0. The lowest BCUT2D eigenvalue weighted by molar-refractivity contribution is 0.0751. The van der Waals surface area contributed by atoms with Crippen molar-refractivity contribution >= 4 is 27.1 Å². The van der Waals surface area contributed by atoms with Crippen molar-refractivity contribution < 1.29 is 17.9 Å². The van der Waals surface area contributed by atoms with E-state index in [0.717, 1.165) is 16.3 Å². The van der Waals surface area contributed by atoms with Crippen LogP contribution in [0.25, 0.3) is 0 Å². The first-order valence-electron chi connectivity index (χ1n) is 8.38. The Morgan fingerprint density at radius 2 is 2.00 bits per heavy atom. The van der Waals surface area contributed by atoms with Crippen LogP contribution in [0.4, 0.5) is 0 Å². The molecule has 0 N–H and O–H groups in total. The van der Waals surface area contributed by atoms with Crippen LogP contribution in [0.2, 0.25) is 0 Å². The van der Waals surface area contributed by atoms with Crippen LogP contribution >= 0.6 is 11.3 Å². The number of rotatable bonds is 5. The van der Waals surface area contributed by atoms with Crippen molar-refractivity contribution in [2.45, 2.75) is 32.9 Å². The molecular formula is C18H22N2O4S2. The molecular weight excluding hydrogens is 372 g/mol. The highest BCUT2D eigenvalue weighted by Crippen LogP contribution is 2.24. The highest BCUT2D eigenvalue weighted by molar-refractivity contribution is 7.91. The van der Waals surface area contributed by atoms with Gasteiger partial charge in [-0.1, -0.05) is 17.7 Å². The lowest BCUT2D eigenvalue weighted by atomic mass is 10.2. The van der Waals surface area contributed by atoms with E-state index in [4.69, 9.17) is 4.74 Å². The van der Waals surface area contributed by atoms with Crippen LogP contribution in [-0.4, -0.2) is 48.8 Å². The molecule has 1 aliphatic rings. The van der Waals surface area contributed by atoms with Gasteiger partial charge in [-0.15, -0.1) is 11.3 Å². The molecule has 1 aromatic carbocycles. The van der Waals surface area contributed by atoms with Gasteiger partial charge in [-0.3, -0.25) is 4.79 Å². The van der Waals surface area contributed by atoms with Crippen molar-refractivity contribution in [2.24, 2.45) is 0 Å². The number of carbonyl (C=O) groups excluding carboxylic acids is 1. The summed E-state index contributed by atoms with van der Waals surface area (Å²) >= 11 is 1.30. The summed E-state index contributed by atoms with van der Waals surface area (Å²) in [7, 11) is -1.37. The van der Waals surface area contributed by atoms with Crippen LogP contribution in [0.5, 0.6) is 5.75 Å². The Labute approximate surface area is 157 Å². The molecule has 8 heteroatoms. The SMILES string of the molecule is Cc1ccc(OCc2nc(C)c(C(=O)N(C)[C@@H]3CCS(=O)(=O)C3)s2)cc1. The Morgan fingerprint density at radius 1 is 1.31 bits per heavy atom. The molecule has 1 aromatic heterocycles. The lowest BCUT2D eigenvalue weighted by Crippen LogP contribution is -2.37. The van der Waals surface area contributed by atoms with E-state index >= 15 is 0 Å². The van der Waals surface area contributed by atoms with E-state index in [1.807, 2.05) is 31.2 Å². The predicted molar refractivity (Wildman–Crippen MR) is 102 cm³/mol. The zero-order valence-corrected chi connectivity index (χ0v) is 16.7. The fraction of sp³-hybridized carbons (Fsp3) is 0.444. The van der Waals surface area contributed by atoms with Crippen molar-refractivity contribution in [3.8, 4) is 5.75 Å². The van der Waals surface area contributed by atoms with Crippen molar-refractivity contribution in [1.82, 2.24) is 9.88 Å². The van der Waals surface area contributed by atoms with Gasteiger partial charge in [-0.05, 0) is 32.4 Å². The fourth-order valence-electron chi connectivity index (χ4n) is 2.90. The highest BCUT2D eigenvalue weighted by atomic mass is 32.2. The molecule has 1 amide bonds. The van der Waals surface area contributed by atoms with E-state index < -0.39 is 9.84 Å². The Hall–Kier alpha value is -1.93. The maximum absolute atomic E-state index is 12.7. The zero-order valence-electron chi connectivity index (χ0n) is 15.1. The van der Waals surface area contributed by atoms with E-state index in [-0.39, 0.29) is 23.5 Å². The molecule has 1 saturated heterocycles. The number of sulfone groups is 1. The smallest absolute Gasteiger partial charge is 0.265 e. The van der Waals surface area contributed by atoms with Gasteiger partial charge >= 0.3 is 0 Å². The summed E-state index contributed by atoms with van der Waals surface area (Å²) in [6.07, 6.45) is 0.492. The summed E-state index contributed by atoms with van der Waals surface area (Å²) in [5, 5.41) is 0.721. The second-order valence-electron chi connectivity index (χ2n) is 6.60. The van der Waals surface area contributed by atoms with E-state index in [0.29, 0.717) is 23.6 Å². The number of aromatic nitrogens is 1. The number of ether oxygens (including phenoxy) is 1. The maximum Gasteiger partial charge on any atom is 0.265 e. The molecule has 0 unspecified atom stereocenters. The van der Waals surface area contributed by atoms with Crippen LogP contribution in [-0.2, 0) is 16.4 Å². The third kappa shape index (κ3) is 4.24. The van der Waals surface area contributed by atoms with Gasteiger partial charge in [-0.25, -0.2) is 13.4 Å². The van der Waals surface area contributed by atoms with E-state index in [1.165, 1.54) is 16.2 Å². The second kappa shape index (κ2) is 7.36. The molecule has 6 nitrogen and oxygen atoms in total. The number of aryl methyl sites for hydroxylation is 2. The van der Waals surface area contributed by atoms with Crippen LogP contribution in [0.3, 0.4) is 0 Å². The number of thiazole rings is 1. The van der Waals surface area contributed by atoms with Crippen LogP contribution < -0.4 is 4.74 Å². The molecule has 26 heavy (non-hydrogen) atoms. The van der Waals surface area contributed by atoms with Gasteiger partial charge in [0.2, 0.25) is 0 Å². The summed E-state index contributed by atoms with van der Waals surface area (Å²) < 4.78 is 29.0. The largest absolute Gasteiger partial charge is 0.486 e. The van der Waals surface area contributed by atoms with Crippen LogP contribution in [0.15, 0.2) is 24.3 Å². The predicted octanol–water partition coefficient (Wildman–Crippen LogP) is 2.60. The van der Waals surface area contributed by atoms with Crippen molar-refractivity contribution in [2.75, 3.05) is 18.6 Å². The van der Waals surface area contributed by atoms with E-state index in [1.54, 1.807) is 14.0 Å². The Bertz CT molecular complexity index is 904. The van der Waals surface area contributed by atoms with Gasteiger partial charge in [-0.2, -0.15) is 0 Å². The highest BCUT2D eigenvalue weighted by Gasteiger charge is 2.34. The molecule has 0 spiro atoms. The van der Waals surface area contributed by atoms with Gasteiger partial charge < -0.3 is 9.64 Å². The normalized spacial score (nSPS) is 18.7. The van der Waals surface area contributed by atoms with Crippen molar-refractivity contribution in [1.29, 1.82) is 0 Å². The number of carbonyl (C=O) groups is 1. The molecule has 1 atom stereocenters. The molecule has 0 radical (unpaired) electrons. The first-order valence-corrected chi connectivity index (χ1v) is 11.0. The molecule has 0 bridgehead atoms. The molecule has 1 aliphatic heterocycles. The van der Waals surface area contributed by atoms with E-state index in [2.05, 4.69) is 4.98 Å². The van der Waals surface area contributed by atoms with Gasteiger partial charge in [0.25, 0.3) is 5.91 Å². The summed E-state index contributed by atoms with van der Waals surface area (Å²) in [5.41, 5.74) is 1.81. The molecule has 0 saturated carbocycles. The van der Waals surface area contributed by atoms with Gasteiger partial charge in [0.05, 0.1) is 17.2 Å². The lowest BCUT2D eigenvalue weighted by Gasteiger charge is -2.22. The average molecular weight is 395 g/mol. The quantitative estimate of drug-likeness (QED) is 0.779. The Balaban J connectivity index is 1.67. The summed E-state index contributed by atoms with van der Waals surface area (Å²) in [5.74, 6) is 0.761. The average Bonchev–Trinajstić information content (AvgIpc) is 3.15. The van der Waals surface area contributed by atoms with Crippen molar-refractivity contribution in [3.05, 3.63) is 45.4 Å². The number of benzene rings is 1. The first kappa shape index (κ1) is 18.8. The summed E-state index contributed by atoms with van der Waals surface area (Å²) in [6.45, 7) is 4.10. The monoisotopic (exact) mass is 394 g/mol.